The van der Waals surface area contributed by atoms with Gasteiger partial charge in [0.25, 0.3) is 0 Å². The summed E-state index contributed by atoms with van der Waals surface area (Å²) in [5, 5.41) is 10.6. The molecule has 3 aromatic rings. The summed E-state index contributed by atoms with van der Waals surface area (Å²) < 4.78 is 12.3. The fourth-order valence-electron chi connectivity index (χ4n) is 9.00. The van der Waals surface area contributed by atoms with Crippen LogP contribution in [0.3, 0.4) is 0 Å². The Labute approximate surface area is 401 Å². The van der Waals surface area contributed by atoms with E-state index in [1.165, 1.54) is 43.0 Å². The topological polar surface area (TPSA) is 239 Å². The monoisotopic (exact) mass is 934 g/mol. The molecule has 2 amide bonds. The van der Waals surface area contributed by atoms with Crippen molar-refractivity contribution in [3.05, 3.63) is 82.4 Å². The molecule has 2 aliphatic heterocycles. The average molecular weight is 934 g/mol. The zero-order valence-corrected chi connectivity index (χ0v) is 40.5. The maximum atomic E-state index is 14.8. The van der Waals surface area contributed by atoms with Crippen LogP contribution in [0.5, 0.6) is 11.5 Å². The third kappa shape index (κ3) is 14.1. The molecule has 366 valence electrons. The highest BCUT2D eigenvalue weighted by molar-refractivity contribution is 6.43. The molecule has 7 N–H and O–H groups in total. The van der Waals surface area contributed by atoms with Crippen LogP contribution in [0.15, 0.2) is 64.8 Å². The molecule has 15 nitrogen and oxygen atoms in total. The molecule has 5 rings (SSSR count). The molecule has 68 heavy (non-hydrogen) atoms. The minimum absolute atomic E-state index is 0.0585. The highest BCUT2D eigenvalue weighted by Gasteiger charge is 2.37. The lowest BCUT2D eigenvalue weighted by molar-refractivity contribution is -0.142. The minimum atomic E-state index is -1.22. The summed E-state index contributed by atoms with van der Waals surface area (Å²) >= 11 is 0. The number of hydrogen-bond donors (Lipinski definition) is 4. The first-order valence-electron chi connectivity index (χ1n) is 24.2. The van der Waals surface area contributed by atoms with E-state index in [4.69, 9.17) is 26.7 Å². The zero-order valence-electron chi connectivity index (χ0n) is 40.5. The van der Waals surface area contributed by atoms with Crippen molar-refractivity contribution < 1.29 is 38.2 Å². The fraction of sp³-hybridized carbons (Fsp3) is 0.509. The van der Waals surface area contributed by atoms with Crippen molar-refractivity contribution in [3.8, 4) is 22.6 Å². The molecule has 2 heterocycles. The Morgan fingerprint density at radius 1 is 0.853 bits per heavy atom. The van der Waals surface area contributed by atoms with Crippen molar-refractivity contribution >= 4 is 46.9 Å². The maximum Gasteiger partial charge on any atom is 0.226 e. The Hall–Kier alpha value is -5.90. The summed E-state index contributed by atoms with van der Waals surface area (Å²) in [7, 11) is 1.53. The Morgan fingerprint density at radius 3 is 2.19 bits per heavy atom. The molecule has 2 aliphatic rings. The predicted octanol–water partition coefficient (Wildman–Crippen LogP) is 6.22. The third-order valence-electron chi connectivity index (χ3n) is 12.8. The van der Waals surface area contributed by atoms with Gasteiger partial charge in [-0.2, -0.15) is 10.2 Å². The number of fused-ring (bicyclic) bond motifs is 5. The highest BCUT2D eigenvalue weighted by atomic mass is 16.5. The molecule has 0 unspecified atom stereocenters. The molecule has 0 saturated carbocycles. The van der Waals surface area contributed by atoms with E-state index in [-0.39, 0.29) is 94.4 Å². The van der Waals surface area contributed by atoms with Gasteiger partial charge < -0.3 is 36.9 Å². The summed E-state index contributed by atoms with van der Waals surface area (Å²) in [5.41, 5.74) is 22.8. The fourth-order valence-corrected chi connectivity index (χ4v) is 9.00. The summed E-state index contributed by atoms with van der Waals surface area (Å²) in [6.45, 7) is 8.23. The van der Waals surface area contributed by atoms with Crippen molar-refractivity contribution in [1.82, 2.24) is 10.2 Å². The molecule has 5 atom stereocenters. The van der Waals surface area contributed by atoms with Crippen LogP contribution in [-0.2, 0) is 36.8 Å². The number of aryl methyl sites for hydroxylation is 2. The summed E-state index contributed by atoms with van der Waals surface area (Å²) in [6, 6.07) is 14.1. The number of nitrogens with one attached hydrogen (secondary N) is 1. The summed E-state index contributed by atoms with van der Waals surface area (Å²) in [5.74, 6) is -3.99. The van der Waals surface area contributed by atoms with Crippen LogP contribution < -0.4 is 32.0 Å². The molecule has 0 saturated heterocycles. The van der Waals surface area contributed by atoms with E-state index < -0.39 is 47.4 Å². The molecule has 0 aromatic heterocycles. The molecule has 0 fully saturated rings. The number of rotatable bonds is 24. The molecule has 0 spiro atoms. The molecule has 0 radical (unpaired) electrons. The van der Waals surface area contributed by atoms with Crippen LogP contribution in [0.2, 0.25) is 0 Å². The number of hydrogen-bond acceptors (Lipinski definition) is 13. The van der Waals surface area contributed by atoms with Gasteiger partial charge in [-0.3, -0.25) is 28.8 Å². The van der Waals surface area contributed by atoms with Crippen molar-refractivity contribution in [2.45, 2.75) is 117 Å². The zero-order chi connectivity index (χ0) is 49.3. The number of nitrogens with zero attached hydrogens (tertiary/aromatic N) is 3. The second-order valence-electron chi connectivity index (χ2n) is 18.2. The highest BCUT2D eigenvalue weighted by Crippen LogP contribution is 2.41. The van der Waals surface area contributed by atoms with Crippen molar-refractivity contribution in [2.24, 2.45) is 45.2 Å². The number of Topliss-reactive ketones (excluding diaryl/α,β-unsaturated/α-hetero) is 4. The molecule has 15 heteroatoms. The average Bonchev–Trinajstić information content (AvgIpc) is 3.87. The maximum absolute atomic E-state index is 14.8. The van der Waals surface area contributed by atoms with Crippen molar-refractivity contribution in [1.29, 1.82) is 0 Å². The first kappa shape index (κ1) is 53.1. The van der Waals surface area contributed by atoms with E-state index >= 15 is 0 Å². The van der Waals surface area contributed by atoms with Gasteiger partial charge in [-0.1, -0.05) is 76.8 Å². The van der Waals surface area contributed by atoms with E-state index in [0.29, 0.717) is 39.3 Å². The van der Waals surface area contributed by atoms with Crippen LogP contribution in [0, 0.1) is 24.7 Å². The molecular formula is C53H71N7O8. The van der Waals surface area contributed by atoms with E-state index in [2.05, 4.69) is 22.4 Å². The van der Waals surface area contributed by atoms with E-state index in [9.17, 15) is 28.8 Å². The number of carbonyl (C=O) groups is 6. The van der Waals surface area contributed by atoms with E-state index in [1.54, 1.807) is 44.2 Å². The Bertz CT molecular complexity index is 2340. The number of ether oxygens (including phenoxy) is 2. The second-order valence-corrected chi connectivity index (χ2v) is 18.2. The van der Waals surface area contributed by atoms with Gasteiger partial charge in [-0.05, 0) is 85.7 Å². The first-order chi connectivity index (χ1) is 32.7. The standard InChI is InChI=1S/C53H71N7O8/c1-6-7-8-9-10-11-36-12-15-40(33(2)26-36)45(61)32-39(18-20-54)53(66)60(5)50-38-14-17-49(68-25-22-56)42(31-38)41-29-37(13-16-48(41)67-24-21-55)30-44(58-52(65)35(4)28-47(50)63)46(62)27-34(3)51(64)43-19-23-57-59-43/h12-17,23,26,29,31,34-35,39,44,50H,6-11,18-22,24-25,27-28,30,32,54-56H2,1-5H3,(H,58,65)/t34-,35-,39-,44+,50+/m1/s1. The van der Waals surface area contributed by atoms with Crippen molar-refractivity contribution in [3.63, 3.8) is 0 Å². The number of unbranched alkanes of at least 4 members (excludes halogenated alkanes) is 4. The van der Waals surface area contributed by atoms with Crippen LogP contribution in [0.1, 0.15) is 124 Å². The van der Waals surface area contributed by atoms with Gasteiger partial charge >= 0.3 is 0 Å². The SMILES string of the molecule is CCCCCCCc1ccc(C(=O)C[C@@H](CCN)C(=O)N(C)[C@@H]2C(=O)C[C@@H](C)C(=O)N[C@H](C(=O)C[C@@H](C)C(=O)C3=NN=CC3)Cc3ccc(OCCN)c(c3)-c3cc2ccc3OCCN)c(C)c1. The van der Waals surface area contributed by atoms with Crippen LogP contribution >= 0.6 is 0 Å². The number of amides is 2. The van der Waals surface area contributed by atoms with Gasteiger partial charge in [-0.15, -0.1) is 0 Å². The van der Waals surface area contributed by atoms with E-state index in [1.807, 2.05) is 31.2 Å². The molecule has 0 aliphatic carbocycles. The number of likely N-dealkylation sites (N-methyl/N-ethyl adjacent to an activating group) is 1. The Morgan fingerprint density at radius 2 is 1.54 bits per heavy atom. The number of carbonyl (C=O) groups excluding carboxylic acids is 6. The molecule has 4 bridgehead atoms. The first-order valence-corrected chi connectivity index (χ1v) is 24.2. The lowest BCUT2D eigenvalue weighted by atomic mass is 9.87. The largest absolute Gasteiger partial charge is 0.492 e. The van der Waals surface area contributed by atoms with Crippen LogP contribution in [-0.4, -0.2) is 97.7 Å². The smallest absolute Gasteiger partial charge is 0.226 e. The quantitative estimate of drug-likeness (QED) is 0.0581. The predicted molar refractivity (Wildman–Crippen MR) is 265 cm³/mol. The number of benzene rings is 3. The van der Waals surface area contributed by atoms with E-state index in [0.717, 1.165) is 24.8 Å². The van der Waals surface area contributed by atoms with Gasteiger partial charge in [0.15, 0.2) is 23.1 Å². The normalized spacial score (nSPS) is 17.9. The molecule has 3 aromatic carbocycles. The number of ketones is 4. The van der Waals surface area contributed by atoms with Gasteiger partial charge in [0.1, 0.15) is 36.5 Å². The van der Waals surface area contributed by atoms with Crippen LogP contribution in [0.4, 0.5) is 0 Å². The molecular weight excluding hydrogens is 863 g/mol. The Balaban J connectivity index is 1.53. The van der Waals surface area contributed by atoms with Crippen molar-refractivity contribution in [2.75, 3.05) is 39.9 Å². The van der Waals surface area contributed by atoms with Gasteiger partial charge in [0, 0.05) is 86.5 Å². The minimum Gasteiger partial charge on any atom is -0.492 e. The van der Waals surface area contributed by atoms with Crippen LogP contribution in [0.25, 0.3) is 11.1 Å². The lowest BCUT2D eigenvalue weighted by Gasteiger charge is -2.32. The van der Waals surface area contributed by atoms with Gasteiger partial charge in [0.2, 0.25) is 11.8 Å². The second kappa shape index (κ2) is 26.0. The third-order valence-corrected chi connectivity index (χ3v) is 12.8. The van der Waals surface area contributed by atoms with Gasteiger partial charge in [-0.25, -0.2) is 0 Å². The summed E-state index contributed by atoms with van der Waals surface area (Å²) in [4.78, 5) is 86.4. The number of nitrogens with two attached hydrogens (primary N) is 3. The Kier molecular flexibility index (Phi) is 20.3. The lowest BCUT2D eigenvalue weighted by Crippen LogP contribution is -2.46. The summed E-state index contributed by atoms with van der Waals surface area (Å²) in [6.07, 6.45) is 8.22. The van der Waals surface area contributed by atoms with Gasteiger partial charge in [0.05, 0.1) is 6.04 Å².